The van der Waals surface area contributed by atoms with Crippen LogP contribution in [0.2, 0.25) is 0 Å². The summed E-state index contributed by atoms with van der Waals surface area (Å²) in [5.74, 6) is -0.0707. The number of amides is 2. The summed E-state index contributed by atoms with van der Waals surface area (Å²) in [6.07, 6.45) is 1.12. The van der Waals surface area contributed by atoms with Gasteiger partial charge in [0.05, 0.1) is 0 Å². The number of hydrogen-bond acceptors (Lipinski definition) is 2. The average Bonchev–Trinajstić information content (AvgIpc) is 2.61. The van der Waals surface area contributed by atoms with E-state index in [0.717, 1.165) is 5.56 Å². The molecule has 2 aromatic carbocycles. The third kappa shape index (κ3) is 3.48. The molecule has 2 amide bonds. The zero-order chi connectivity index (χ0) is 16.9. The van der Waals surface area contributed by atoms with Crippen LogP contribution in [-0.2, 0) is 16.0 Å². The number of piperazine rings is 1. The molecule has 2 aromatic rings. The van der Waals surface area contributed by atoms with Gasteiger partial charge in [0.1, 0.15) is 6.04 Å². The number of aryl methyl sites for hydroxylation is 2. The van der Waals surface area contributed by atoms with Crippen LogP contribution in [0.1, 0.15) is 29.2 Å². The van der Waals surface area contributed by atoms with Gasteiger partial charge in [-0.3, -0.25) is 9.59 Å². The molecule has 0 radical (unpaired) electrons. The molecule has 1 N–H and O–H groups in total. The molecule has 1 heterocycles. The zero-order valence-electron chi connectivity index (χ0n) is 13.9. The van der Waals surface area contributed by atoms with Gasteiger partial charge in [-0.2, -0.15) is 0 Å². The van der Waals surface area contributed by atoms with Crippen LogP contribution in [0.25, 0.3) is 0 Å². The molecule has 0 aromatic heterocycles. The van der Waals surface area contributed by atoms with Gasteiger partial charge in [-0.05, 0) is 30.0 Å². The van der Waals surface area contributed by atoms with Crippen molar-refractivity contribution in [3.63, 3.8) is 0 Å². The van der Waals surface area contributed by atoms with E-state index in [0.29, 0.717) is 25.9 Å². The Morgan fingerprint density at radius 1 is 1.12 bits per heavy atom. The number of benzene rings is 2. The van der Waals surface area contributed by atoms with Gasteiger partial charge >= 0.3 is 0 Å². The van der Waals surface area contributed by atoms with Crippen LogP contribution >= 0.6 is 0 Å². The van der Waals surface area contributed by atoms with Crippen molar-refractivity contribution in [2.45, 2.75) is 25.8 Å². The minimum absolute atomic E-state index is 0.0296. The Labute approximate surface area is 142 Å². The number of nitrogens with one attached hydrogen (secondary N) is 1. The van der Waals surface area contributed by atoms with Crippen molar-refractivity contribution >= 4 is 11.8 Å². The maximum absolute atomic E-state index is 12.8. The van der Waals surface area contributed by atoms with E-state index in [9.17, 15) is 9.59 Å². The van der Waals surface area contributed by atoms with Crippen molar-refractivity contribution in [1.29, 1.82) is 0 Å². The number of rotatable bonds is 4. The van der Waals surface area contributed by atoms with Crippen LogP contribution in [0.4, 0.5) is 0 Å². The molecule has 1 aliphatic heterocycles. The number of hydrogen-bond donors (Lipinski definition) is 1. The summed E-state index contributed by atoms with van der Waals surface area (Å²) in [7, 11) is 0. The molecule has 124 valence electrons. The number of carbonyl (C=O) groups excluding carboxylic acids is 2. The van der Waals surface area contributed by atoms with E-state index < -0.39 is 6.04 Å². The van der Waals surface area contributed by atoms with Crippen molar-refractivity contribution in [3.8, 4) is 0 Å². The third-order valence-electron chi connectivity index (χ3n) is 4.52. The van der Waals surface area contributed by atoms with E-state index in [1.165, 1.54) is 11.1 Å². The minimum atomic E-state index is -0.524. The lowest BCUT2D eigenvalue weighted by atomic mass is 10.00. The van der Waals surface area contributed by atoms with Crippen molar-refractivity contribution < 1.29 is 9.59 Å². The highest BCUT2D eigenvalue weighted by molar-refractivity contribution is 5.89. The molecule has 4 nitrogen and oxygen atoms in total. The van der Waals surface area contributed by atoms with Gasteiger partial charge in [-0.1, -0.05) is 54.6 Å². The molecule has 0 saturated carbocycles. The molecule has 24 heavy (non-hydrogen) atoms. The number of carbonyl (C=O) groups is 2. The molecule has 1 aliphatic rings. The quantitative estimate of drug-likeness (QED) is 0.941. The molecule has 0 aliphatic carbocycles. The maximum Gasteiger partial charge on any atom is 0.247 e. The Hall–Kier alpha value is -2.62. The summed E-state index contributed by atoms with van der Waals surface area (Å²) in [6, 6.07) is 17.1. The number of nitrogens with zero attached hydrogens (tertiary/aromatic N) is 1. The summed E-state index contributed by atoms with van der Waals surface area (Å²) in [5.41, 5.74) is 3.24. The Bertz CT molecular complexity index is 727. The summed E-state index contributed by atoms with van der Waals surface area (Å²) in [6.45, 7) is 3.12. The fourth-order valence-electron chi connectivity index (χ4n) is 3.18. The van der Waals surface area contributed by atoms with Gasteiger partial charge in [-0.25, -0.2) is 0 Å². The first kappa shape index (κ1) is 16.2. The summed E-state index contributed by atoms with van der Waals surface area (Å²) in [5, 5.41) is 2.87. The van der Waals surface area contributed by atoms with Crippen molar-refractivity contribution in [2.24, 2.45) is 0 Å². The maximum atomic E-state index is 12.8. The summed E-state index contributed by atoms with van der Waals surface area (Å²) >= 11 is 0. The molecule has 3 rings (SSSR count). The molecule has 1 atom stereocenters. The SMILES string of the molecule is Cc1ccccc1CCC(=O)N1CCNC(=O)C1c1ccccc1. The summed E-state index contributed by atoms with van der Waals surface area (Å²) < 4.78 is 0. The van der Waals surface area contributed by atoms with Crippen LogP contribution in [-0.4, -0.2) is 29.8 Å². The van der Waals surface area contributed by atoms with Crippen LogP contribution in [0.15, 0.2) is 54.6 Å². The van der Waals surface area contributed by atoms with Crippen LogP contribution in [0.5, 0.6) is 0 Å². The van der Waals surface area contributed by atoms with Crippen molar-refractivity contribution in [1.82, 2.24) is 10.2 Å². The average molecular weight is 322 g/mol. The van der Waals surface area contributed by atoms with Gasteiger partial charge in [0.2, 0.25) is 11.8 Å². The molecule has 1 saturated heterocycles. The van der Waals surface area contributed by atoms with E-state index in [4.69, 9.17) is 0 Å². The molecule has 4 heteroatoms. The van der Waals surface area contributed by atoms with Crippen LogP contribution in [0.3, 0.4) is 0 Å². The second-order valence-corrected chi connectivity index (χ2v) is 6.12. The standard InChI is InChI=1S/C20H22N2O2/c1-15-7-5-6-8-16(15)11-12-18(23)22-14-13-21-20(24)19(22)17-9-3-2-4-10-17/h2-10,19H,11-14H2,1H3,(H,21,24). The predicted molar refractivity (Wildman–Crippen MR) is 93.4 cm³/mol. The van der Waals surface area contributed by atoms with Crippen LogP contribution < -0.4 is 5.32 Å². The van der Waals surface area contributed by atoms with Gasteiger partial charge < -0.3 is 10.2 Å². The highest BCUT2D eigenvalue weighted by Crippen LogP contribution is 2.24. The minimum Gasteiger partial charge on any atom is -0.352 e. The zero-order valence-corrected chi connectivity index (χ0v) is 13.9. The molecule has 1 fully saturated rings. The monoisotopic (exact) mass is 322 g/mol. The first-order valence-electron chi connectivity index (χ1n) is 8.33. The first-order chi connectivity index (χ1) is 11.7. The molecular weight excluding hydrogens is 300 g/mol. The van der Waals surface area contributed by atoms with Crippen molar-refractivity contribution in [2.75, 3.05) is 13.1 Å². The fraction of sp³-hybridized carbons (Fsp3) is 0.300. The molecule has 1 unspecified atom stereocenters. The second kappa shape index (κ2) is 7.30. The fourth-order valence-corrected chi connectivity index (χ4v) is 3.18. The lowest BCUT2D eigenvalue weighted by molar-refractivity contribution is -0.143. The highest BCUT2D eigenvalue weighted by Gasteiger charge is 2.33. The molecule has 0 spiro atoms. The van der Waals surface area contributed by atoms with Crippen LogP contribution in [0, 0.1) is 6.92 Å². The van der Waals surface area contributed by atoms with E-state index in [-0.39, 0.29) is 11.8 Å². The van der Waals surface area contributed by atoms with Crippen molar-refractivity contribution in [3.05, 3.63) is 71.3 Å². The molecular formula is C20H22N2O2. The Balaban J connectivity index is 1.74. The third-order valence-corrected chi connectivity index (χ3v) is 4.52. The Morgan fingerprint density at radius 3 is 2.58 bits per heavy atom. The van der Waals surface area contributed by atoms with E-state index in [1.54, 1.807) is 4.90 Å². The van der Waals surface area contributed by atoms with E-state index in [2.05, 4.69) is 24.4 Å². The highest BCUT2D eigenvalue weighted by atomic mass is 16.2. The van der Waals surface area contributed by atoms with Gasteiger partial charge in [0, 0.05) is 19.5 Å². The lowest BCUT2D eigenvalue weighted by Gasteiger charge is -2.35. The largest absolute Gasteiger partial charge is 0.352 e. The van der Waals surface area contributed by atoms with E-state index >= 15 is 0 Å². The Morgan fingerprint density at radius 2 is 1.83 bits per heavy atom. The second-order valence-electron chi connectivity index (χ2n) is 6.12. The van der Waals surface area contributed by atoms with Gasteiger partial charge in [-0.15, -0.1) is 0 Å². The predicted octanol–water partition coefficient (Wildman–Crippen LogP) is 2.63. The van der Waals surface area contributed by atoms with Gasteiger partial charge in [0.25, 0.3) is 0 Å². The van der Waals surface area contributed by atoms with Gasteiger partial charge in [0.15, 0.2) is 0 Å². The summed E-state index contributed by atoms with van der Waals surface area (Å²) in [4.78, 5) is 26.8. The van der Waals surface area contributed by atoms with E-state index in [1.807, 2.05) is 42.5 Å². The lowest BCUT2D eigenvalue weighted by Crippen LogP contribution is -2.52. The smallest absolute Gasteiger partial charge is 0.247 e. The first-order valence-corrected chi connectivity index (χ1v) is 8.33. The molecule has 0 bridgehead atoms. The topological polar surface area (TPSA) is 49.4 Å². The Kier molecular flexibility index (Phi) is 4.94. The normalized spacial score (nSPS) is 17.5.